The molecule has 0 atom stereocenters. The van der Waals surface area contributed by atoms with Gasteiger partial charge >= 0.3 is 0 Å². The quantitative estimate of drug-likeness (QED) is 0.648. The molecule has 27 heavy (non-hydrogen) atoms. The van der Waals surface area contributed by atoms with Crippen LogP contribution in [0.1, 0.15) is 27.2 Å². The summed E-state index contributed by atoms with van der Waals surface area (Å²) in [5.41, 5.74) is 1.60. The van der Waals surface area contributed by atoms with E-state index in [9.17, 15) is 19.4 Å². The van der Waals surface area contributed by atoms with Crippen molar-refractivity contribution in [3.05, 3.63) is 64.6 Å². The lowest BCUT2D eigenvalue weighted by molar-refractivity contribution is 0.103. The number of ketones is 1. The molecule has 0 saturated carbocycles. The second kappa shape index (κ2) is 7.69. The van der Waals surface area contributed by atoms with Crippen LogP contribution in [-0.4, -0.2) is 35.2 Å². The first-order chi connectivity index (χ1) is 13.0. The smallest absolute Gasteiger partial charge is 0.211 e. The maximum absolute atomic E-state index is 13.9. The van der Waals surface area contributed by atoms with Crippen LogP contribution in [0.15, 0.2) is 36.4 Å². The number of aliphatic hydroxyl groups is 2. The Morgan fingerprint density at radius 2 is 1.85 bits per heavy atom. The second-order valence-corrected chi connectivity index (χ2v) is 5.81. The molecular formula is C20H18FNO5. The highest BCUT2D eigenvalue weighted by Gasteiger charge is 2.18. The van der Waals surface area contributed by atoms with Crippen LogP contribution >= 0.6 is 0 Å². The molecule has 0 saturated heterocycles. The van der Waals surface area contributed by atoms with Crippen LogP contribution in [0.5, 0.6) is 11.5 Å². The molecule has 140 valence electrons. The SMILES string of the molecule is COc1ccc(C(=O)c2ccc3c(OC)c(CO)c(CO)cc3n2)cc1F. The summed E-state index contributed by atoms with van der Waals surface area (Å²) >= 11 is 0. The zero-order chi connectivity index (χ0) is 19.6. The Kier molecular flexibility index (Phi) is 5.34. The highest BCUT2D eigenvalue weighted by molar-refractivity contribution is 6.09. The Labute approximate surface area is 154 Å². The van der Waals surface area contributed by atoms with Crippen molar-refractivity contribution in [2.45, 2.75) is 13.2 Å². The Balaban J connectivity index is 2.11. The first-order valence-corrected chi connectivity index (χ1v) is 8.13. The number of pyridine rings is 1. The minimum absolute atomic E-state index is 0.0480. The molecule has 0 amide bonds. The monoisotopic (exact) mass is 371 g/mol. The van der Waals surface area contributed by atoms with E-state index in [-0.39, 0.29) is 30.2 Å². The third kappa shape index (κ3) is 3.34. The van der Waals surface area contributed by atoms with Gasteiger partial charge in [0.15, 0.2) is 11.6 Å². The molecule has 2 N–H and O–H groups in total. The van der Waals surface area contributed by atoms with Crippen molar-refractivity contribution in [1.29, 1.82) is 0 Å². The Hall–Kier alpha value is -3.03. The van der Waals surface area contributed by atoms with E-state index in [1.165, 1.54) is 32.4 Å². The first kappa shape index (κ1) is 18.8. The summed E-state index contributed by atoms with van der Waals surface area (Å²) < 4.78 is 24.1. The fourth-order valence-corrected chi connectivity index (χ4v) is 2.97. The highest BCUT2D eigenvalue weighted by atomic mass is 19.1. The number of carbonyl (C=O) groups is 1. The van der Waals surface area contributed by atoms with E-state index in [2.05, 4.69) is 4.98 Å². The van der Waals surface area contributed by atoms with Gasteiger partial charge in [-0.25, -0.2) is 9.37 Å². The number of aliphatic hydroxyl groups excluding tert-OH is 2. The number of halogens is 1. The molecular weight excluding hydrogens is 353 g/mol. The van der Waals surface area contributed by atoms with Gasteiger partial charge in [0.25, 0.3) is 0 Å². The normalized spacial score (nSPS) is 10.9. The summed E-state index contributed by atoms with van der Waals surface area (Å²) in [6.07, 6.45) is 0. The van der Waals surface area contributed by atoms with E-state index < -0.39 is 11.6 Å². The van der Waals surface area contributed by atoms with Gasteiger partial charge in [-0.2, -0.15) is 0 Å². The van der Waals surface area contributed by atoms with Crippen LogP contribution in [0.25, 0.3) is 10.9 Å². The maximum atomic E-state index is 13.9. The minimum atomic E-state index is -0.638. The lowest BCUT2D eigenvalue weighted by Gasteiger charge is -2.14. The summed E-state index contributed by atoms with van der Waals surface area (Å²) in [6.45, 7) is -0.618. The summed E-state index contributed by atoms with van der Waals surface area (Å²) in [5.74, 6) is -0.650. The van der Waals surface area contributed by atoms with Gasteiger partial charge in [0.05, 0.1) is 33.0 Å². The molecule has 0 aliphatic carbocycles. The number of hydrogen-bond donors (Lipinski definition) is 2. The lowest BCUT2D eigenvalue weighted by atomic mass is 10.0. The summed E-state index contributed by atoms with van der Waals surface area (Å²) in [4.78, 5) is 17.0. The largest absolute Gasteiger partial charge is 0.496 e. The molecule has 0 aliphatic heterocycles. The van der Waals surface area contributed by atoms with Crippen molar-refractivity contribution in [2.75, 3.05) is 14.2 Å². The van der Waals surface area contributed by atoms with Gasteiger partial charge in [0, 0.05) is 16.5 Å². The van der Waals surface area contributed by atoms with Crippen LogP contribution in [0.2, 0.25) is 0 Å². The molecule has 1 aromatic heterocycles. The standard InChI is InChI=1S/C20H18FNO5/c1-26-18-6-3-11(7-15(18)21)19(25)16-5-4-13-17(22-16)8-12(9-23)14(10-24)20(13)27-2/h3-8,23-24H,9-10H2,1-2H3. The Morgan fingerprint density at radius 3 is 2.44 bits per heavy atom. The van der Waals surface area contributed by atoms with E-state index in [0.29, 0.717) is 27.8 Å². The van der Waals surface area contributed by atoms with Crippen molar-refractivity contribution >= 4 is 16.7 Å². The van der Waals surface area contributed by atoms with Crippen molar-refractivity contribution < 1.29 is 28.9 Å². The minimum Gasteiger partial charge on any atom is -0.496 e. The third-order valence-corrected chi connectivity index (χ3v) is 4.32. The number of hydrogen-bond acceptors (Lipinski definition) is 6. The summed E-state index contributed by atoms with van der Waals surface area (Å²) in [6, 6.07) is 8.69. The van der Waals surface area contributed by atoms with Gasteiger partial charge in [-0.1, -0.05) is 0 Å². The number of rotatable bonds is 6. The molecule has 3 rings (SSSR count). The molecule has 0 aliphatic rings. The molecule has 2 aromatic carbocycles. The number of ether oxygens (including phenoxy) is 2. The van der Waals surface area contributed by atoms with E-state index >= 15 is 0 Å². The lowest BCUT2D eigenvalue weighted by Crippen LogP contribution is -2.06. The van der Waals surface area contributed by atoms with Crippen molar-refractivity contribution in [3.63, 3.8) is 0 Å². The topological polar surface area (TPSA) is 88.9 Å². The predicted molar refractivity (Wildman–Crippen MR) is 96.5 cm³/mol. The maximum Gasteiger partial charge on any atom is 0.211 e. The van der Waals surface area contributed by atoms with Crippen LogP contribution in [0.3, 0.4) is 0 Å². The molecule has 0 bridgehead atoms. The number of fused-ring (bicyclic) bond motifs is 1. The fraction of sp³-hybridized carbons (Fsp3) is 0.200. The fourth-order valence-electron chi connectivity index (χ4n) is 2.97. The summed E-state index contributed by atoms with van der Waals surface area (Å²) in [5, 5.41) is 19.7. The first-order valence-electron chi connectivity index (χ1n) is 8.13. The van der Waals surface area contributed by atoms with Crippen LogP contribution in [-0.2, 0) is 13.2 Å². The zero-order valence-electron chi connectivity index (χ0n) is 14.8. The average Bonchev–Trinajstić information content (AvgIpc) is 2.70. The molecule has 6 nitrogen and oxygen atoms in total. The third-order valence-electron chi connectivity index (χ3n) is 4.32. The number of benzene rings is 2. The second-order valence-electron chi connectivity index (χ2n) is 5.81. The van der Waals surface area contributed by atoms with Crippen molar-refractivity contribution in [2.24, 2.45) is 0 Å². The van der Waals surface area contributed by atoms with Crippen LogP contribution in [0, 0.1) is 5.82 Å². The average molecular weight is 371 g/mol. The summed E-state index contributed by atoms with van der Waals surface area (Å²) in [7, 11) is 2.80. The van der Waals surface area contributed by atoms with E-state index in [1.54, 1.807) is 12.1 Å². The van der Waals surface area contributed by atoms with Gasteiger partial charge in [0.2, 0.25) is 5.78 Å². The molecule has 0 fully saturated rings. The number of methoxy groups -OCH3 is 2. The molecule has 1 heterocycles. The van der Waals surface area contributed by atoms with Gasteiger partial charge in [-0.15, -0.1) is 0 Å². The van der Waals surface area contributed by atoms with Crippen molar-refractivity contribution in [3.8, 4) is 11.5 Å². The van der Waals surface area contributed by atoms with E-state index in [1.807, 2.05) is 0 Å². The zero-order valence-corrected chi connectivity index (χ0v) is 14.8. The molecule has 0 spiro atoms. The Bertz CT molecular complexity index is 1020. The van der Waals surface area contributed by atoms with Crippen LogP contribution < -0.4 is 9.47 Å². The van der Waals surface area contributed by atoms with Gasteiger partial charge in [-0.05, 0) is 42.0 Å². The van der Waals surface area contributed by atoms with E-state index in [0.717, 1.165) is 6.07 Å². The number of carbonyl (C=O) groups excluding carboxylic acids is 1. The number of aromatic nitrogens is 1. The molecule has 0 unspecified atom stereocenters. The van der Waals surface area contributed by atoms with Crippen LogP contribution in [0.4, 0.5) is 4.39 Å². The van der Waals surface area contributed by atoms with Gasteiger partial charge < -0.3 is 19.7 Å². The molecule has 3 aromatic rings. The van der Waals surface area contributed by atoms with E-state index in [4.69, 9.17) is 9.47 Å². The molecule has 7 heteroatoms. The number of nitrogens with zero attached hydrogens (tertiary/aromatic N) is 1. The predicted octanol–water partition coefficient (Wildman–Crippen LogP) is 2.61. The van der Waals surface area contributed by atoms with Gasteiger partial charge in [0.1, 0.15) is 11.4 Å². The highest BCUT2D eigenvalue weighted by Crippen LogP contribution is 2.32. The Morgan fingerprint density at radius 1 is 1.07 bits per heavy atom. The molecule has 0 radical (unpaired) electrons. The van der Waals surface area contributed by atoms with Gasteiger partial charge in [-0.3, -0.25) is 4.79 Å². The van der Waals surface area contributed by atoms with Crippen molar-refractivity contribution in [1.82, 2.24) is 4.98 Å².